The molecule has 2 saturated heterocycles. The minimum absolute atomic E-state index is 0.0455. The van der Waals surface area contributed by atoms with Crippen molar-refractivity contribution in [3.05, 3.63) is 18.2 Å². The molecule has 6 nitrogen and oxygen atoms in total. The molecule has 2 aliphatic heterocycles. The van der Waals surface area contributed by atoms with Gasteiger partial charge in [-0.25, -0.2) is 4.98 Å². The molecule has 0 aliphatic carbocycles. The van der Waals surface area contributed by atoms with E-state index in [0.717, 1.165) is 51.5 Å². The molecule has 0 radical (unpaired) electrons. The van der Waals surface area contributed by atoms with Gasteiger partial charge in [-0.1, -0.05) is 6.92 Å². The number of carbonyl (C=O) groups excluding carboxylic acids is 1. The van der Waals surface area contributed by atoms with Crippen LogP contribution < -0.4 is 0 Å². The Morgan fingerprint density at radius 2 is 2.43 bits per heavy atom. The van der Waals surface area contributed by atoms with Gasteiger partial charge in [0.15, 0.2) is 0 Å². The number of piperazine rings is 1. The van der Waals surface area contributed by atoms with E-state index in [0.29, 0.717) is 6.61 Å². The number of hydrogen-bond acceptors (Lipinski definition) is 4. The molecule has 2 aliphatic rings. The largest absolute Gasteiger partial charge is 0.381 e. The summed E-state index contributed by atoms with van der Waals surface area (Å²) in [5.74, 6) is 1.25. The fourth-order valence-electron chi connectivity index (χ4n) is 3.31. The second-order valence-corrected chi connectivity index (χ2v) is 5.82. The van der Waals surface area contributed by atoms with Crippen LogP contribution in [0.2, 0.25) is 0 Å². The Labute approximate surface area is 125 Å². The van der Waals surface area contributed by atoms with Crippen molar-refractivity contribution in [1.29, 1.82) is 0 Å². The summed E-state index contributed by atoms with van der Waals surface area (Å²) in [6.07, 6.45) is 5.57. The quantitative estimate of drug-likeness (QED) is 0.904. The van der Waals surface area contributed by atoms with Crippen LogP contribution in [0.15, 0.2) is 12.4 Å². The first kappa shape index (κ1) is 14.5. The molecule has 0 unspecified atom stereocenters. The van der Waals surface area contributed by atoms with E-state index in [-0.39, 0.29) is 17.9 Å². The van der Waals surface area contributed by atoms with E-state index in [1.54, 1.807) is 6.20 Å². The molecule has 1 N–H and O–H groups in total. The van der Waals surface area contributed by atoms with E-state index in [2.05, 4.69) is 21.8 Å². The molecule has 0 bridgehead atoms. The van der Waals surface area contributed by atoms with E-state index in [1.807, 2.05) is 11.1 Å². The lowest BCUT2D eigenvalue weighted by molar-refractivity contribution is -0.142. The smallest absolute Gasteiger partial charge is 0.228 e. The number of aromatic amines is 1. The van der Waals surface area contributed by atoms with E-state index in [4.69, 9.17) is 4.74 Å². The highest BCUT2D eigenvalue weighted by atomic mass is 16.5. The van der Waals surface area contributed by atoms with Crippen LogP contribution in [-0.2, 0) is 9.53 Å². The Morgan fingerprint density at radius 3 is 3.10 bits per heavy atom. The van der Waals surface area contributed by atoms with E-state index >= 15 is 0 Å². The molecule has 2 fully saturated rings. The number of carbonyl (C=O) groups is 1. The van der Waals surface area contributed by atoms with Gasteiger partial charge in [0.05, 0.1) is 18.6 Å². The van der Waals surface area contributed by atoms with Crippen molar-refractivity contribution in [2.24, 2.45) is 5.92 Å². The zero-order chi connectivity index (χ0) is 14.7. The fraction of sp³-hybridized carbons (Fsp3) is 0.733. The van der Waals surface area contributed by atoms with Crippen molar-refractivity contribution >= 4 is 5.91 Å². The third-order valence-electron chi connectivity index (χ3n) is 4.55. The third-order valence-corrected chi connectivity index (χ3v) is 4.55. The molecule has 0 spiro atoms. The van der Waals surface area contributed by atoms with Crippen molar-refractivity contribution in [3.8, 4) is 0 Å². The van der Waals surface area contributed by atoms with Crippen LogP contribution in [0.1, 0.15) is 31.6 Å². The maximum atomic E-state index is 12.7. The number of H-pyrrole nitrogens is 1. The van der Waals surface area contributed by atoms with Gasteiger partial charge >= 0.3 is 0 Å². The van der Waals surface area contributed by atoms with Crippen LogP contribution in [0.4, 0.5) is 0 Å². The van der Waals surface area contributed by atoms with Gasteiger partial charge in [0, 0.05) is 38.6 Å². The van der Waals surface area contributed by atoms with Gasteiger partial charge in [-0.3, -0.25) is 9.69 Å². The third kappa shape index (κ3) is 3.11. The minimum atomic E-state index is 0.0455. The number of imidazole rings is 1. The number of hydrogen-bond donors (Lipinski definition) is 1. The number of likely N-dealkylation sites (N-methyl/N-ethyl adjacent to an activating group) is 1. The predicted molar refractivity (Wildman–Crippen MR) is 78.7 cm³/mol. The van der Waals surface area contributed by atoms with Crippen LogP contribution in [-0.4, -0.2) is 65.1 Å². The summed E-state index contributed by atoms with van der Waals surface area (Å²) in [5.41, 5.74) is 0. The highest BCUT2D eigenvalue weighted by Crippen LogP contribution is 2.25. The van der Waals surface area contributed by atoms with Crippen LogP contribution in [0.3, 0.4) is 0 Å². The van der Waals surface area contributed by atoms with Gasteiger partial charge in [-0.15, -0.1) is 0 Å². The zero-order valence-corrected chi connectivity index (χ0v) is 12.6. The number of nitrogens with one attached hydrogen (secondary N) is 1. The maximum Gasteiger partial charge on any atom is 0.228 e. The Morgan fingerprint density at radius 1 is 1.52 bits per heavy atom. The SMILES string of the molecule is CCN1CCN(C(=O)[C@@H]2CCCOC2)C[C@@H]1c1ncc[nH]1. The molecule has 3 rings (SSSR count). The van der Waals surface area contributed by atoms with Crippen molar-refractivity contribution < 1.29 is 9.53 Å². The van der Waals surface area contributed by atoms with Crippen LogP contribution in [0.25, 0.3) is 0 Å². The van der Waals surface area contributed by atoms with Crippen LogP contribution in [0.5, 0.6) is 0 Å². The van der Waals surface area contributed by atoms with Crippen LogP contribution >= 0.6 is 0 Å². The average molecular weight is 292 g/mol. The van der Waals surface area contributed by atoms with Gasteiger partial charge < -0.3 is 14.6 Å². The van der Waals surface area contributed by atoms with Crippen molar-refractivity contribution in [2.45, 2.75) is 25.8 Å². The van der Waals surface area contributed by atoms with Crippen molar-refractivity contribution in [1.82, 2.24) is 19.8 Å². The Bertz CT molecular complexity index is 456. The summed E-state index contributed by atoms with van der Waals surface area (Å²) < 4.78 is 5.46. The number of nitrogens with zero attached hydrogens (tertiary/aromatic N) is 3. The number of aromatic nitrogens is 2. The summed E-state index contributed by atoms with van der Waals surface area (Å²) in [7, 11) is 0. The van der Waals surface area contributed by atoms with E-state index in [9.17, 15) is 4.79 Å². The monoisotopic (exact) mass is 292 g/mol. The normalized spacial score (nSPS) is 27.8. The average Bonchev–Trinajstić information content (AvgIpc) is 3.08. The highest BCUT2D eigenvalue weighted by molar-refractivity contribution is 5.79. The fourth-order valence-corrected chi connectivity index (χ4v) is 3.31. The topological polar surface area (TPSA) is 61.5 Å². The standard InChI is InChI=1S/C15H24N4O2/c1-2-18-7-8-19(10-13(18)14-16-5-6-17-14)15(20)12-4-3-9-21-11-12/h5-6,12-13H,2-4,7-11H2,1H3,(H,16,17)/t12-,13-/m1/s1. The van der Waals surface area contributed by atoms with Gasteiger partial charge in [0.2, 0.25) is 5.91 Å². The van der Waals surface area contributed by atoms with Gasteiger partial charge in [0.25, 0.3) is 0 Å². The molecule has 6 heteroatoms. The highest BCUT2D eigenvalue weighted by Gasteiger charge is 2.34. The molecule has 1 aromatic rings. The Hall–Kier alpha value is -1.40. The van der Waals surface area contributed by atoms with Gasteiger partial charge in [0.1, 0.15) is 5.82 Å². The van der Waals surface area contributed by atoms with Gasteiger partial charge in [-0.05, 0) is 19.4 Å². The Kier molecular flexibility index (Phi) is 4.55. The lowest BCUT2D eigenvalue weighted by Crippen LogP contribution is -2.52. The summed E-state index contributed by atoms with van der Waals surface area (Å²) in [6.45, 7) is 6.93. The van der Waals surface area contributed by atoms with Crippen molar-refractivity contribution in [2.75, 3.05) is 39.4 Å². The zero-order valence-electron chi connectivity index (χ0n) is 12.6. The molecule has 1 aromatic heterocycles. The predicted octanol–water partition coefficient (Wildman–Crippen LogP) is 1.04. The summed E-state index contributed by atoms with van der Waals surface area (Å²) in [5, 5.41) is 0. The second-order valence-electron chi connectivity index (χ2n) is 5.82. The molecule has 3 heterocycles. The number of rotatable bonds is 3. The number of ether oxygens (including phenoxy) is 1. The van der Waals surface area contributed by atoms with Gasteiger partial charge in [-0.2, -0.15) is 0 Å². The van der Waals surface area contributed by atoms with E-state index < -0.39 is 0 Å². The summed E-state index contributed by atoms with van der Waals surface area (Å²) in [4.78, 5) is 24.6. The van der Waals surface area contributed by atoms with Crippen molar-refractivity contribution in [3.63, 3.8) is 0 Å². The maximum absolute atomic E-state index is 12.7. The molecular formula is C15H24N4O2. The lowest BCUT2D eigenvalue weighted by atomic mass is 9.99. The summed E-state index contributed by atoms with van der Waals surface area (Å²) >= 11 is 0. The first-order valence-corrected chi connectivity index (χ1v) is 7.89. The first-order chi connectivity index (χ1) is 10.3. The molecule has 2 atom stereocenters. The van der Waals surface area contributed by atoms with E-state index in [1.165, 1.54) is 0 Å². The van der Waals surface area contributed by atoms with Crippen LogP contribution in [0, 0.1) is 5.92 Å². The Balaban J connectivity index is 1.68. The number of amides is 1. The lowest BCUT2D eigenvalue weighted by Gasteiger charge is -2.41. The minimum Gasteiger partial charge on any atom is -0.381 e. The molecule has 116 valence electrons. The molecule has 0 aromatic carbocycles. The molecular weight excluding hydrogens is 268 g/mol. The molecule has 21 heavy (non-hydrogen) atoms. The molecule has 0 saturated carbocycles. The summed E-state index contributed by atoms with van der Waals surface area (Å²) in [6, 6.07) is 0.173. The second kappa shape index (κ2) is 6.58. The first-order valence-electron chi connectivity index (χ1n) is 7.89. The molecule has 1 amide bonds.